The summed E-state index contributed by atoms with van der Waals surface area (Å²) in [4.78, 5) is 22.6. The van der Waals surface area contributed by atoms with Crippen LogP contribution in [0.25, 0.3) is 0 Å². The summed E-state index contributed by atoms with van der Waals surface area (Å²) >= 11 is 0. The Labute approximate surface area is 108 Å². The maximum Gasteiger partial charge on any atom is 0.291 e. The summed E-state index contributed by atoms with van der Waals surface area (Å²) in [6, 6.07) is 8.25. The second kappa shape index (κ2) is 5.34. The Hall–Kier alpha value is -2.63. The molecule has 98 valence electrons. The van der Waals surface area contributed by atoms with Crippen molar-refractivity contribution in [3.63, 3.8) is 0 Å². The van der Waals surface area contributed by atoms with Crippen LogP contribution in [0.1, 0.15) is 17.5 Å². The number of hydrogen-bond acceptors (Lipinski definition) is 3. The van der Waals surface area contributed by atoms with Crippen molar-refractivity contribution in [3.8, 4) is 0 Å². The third-order valence-corrected chi connectivity index (χ3v) is 2.23. The lowest BCUT2D eigenvalue weighted by molar-refractivity contribution is -0.114. The zero-order valence-electron chi connectivity index (χ0n) is 10.1. The molecule has 1 aromatic carbocycles. The fraction of sp³-hybridized carbons (Fsp3) is 0.0769. The molecule has 0 aliphatic carbocycles. The quantitative estimate of drug-likeness (QED) is 0.893. The molecule has 6 heteroatoms. The molecule has 0 saturated heterocycles. The highest BCUT2D eigenvalue weighted by atomic mass is 19.1. The van der Waals surface area contributed by atoms with Crippen LogP contribution in [0.5, 0.6) is 0 Å². The van der Waals surface area contributed by atoms with Crippen molar-refractivity contribution >= 4 is 23.4 Å². The van der Waals surface area contributed by atoms with Gasteiger partial charge in [-0.05, 0) is 30.3 Å². The van der Waals surface area contributed by atoms with Gasteiger partial charge in [0, 0.05) is 18.7 Å². The summed E-state index contributed by atoms with van der Waals surface area (Å²) in [6.07, 6.45) is 0. The fourth-order valence-corrected chi connectivity index (χ4v) is 1.43. The average molecular weight is 262 g/mol. The van der Waals surface area contributed by atoms with Crippen molar-refractivity contribution < 1.29 is 18.4 Å². The predicted molar refractivity (Wildman–Crippen MR) is 67.4 cm³/mol. The second-order valence-corrected chi connectivity index (χ2v) is 3.81. The van der Waals surface area contributed by atoms with E-state index in [-0.39, 0.29) is 23.4 Å². The van der Waals surface area contributed by atoms with Crippen LogP contribution in [-0.4, -0.2) is 11.8 Å². The predicted octanol–water partition coefficient (Wildman–Crippen LogP) is 2.63. The largest absolute Gasteiger partial charge is 0.435 e. The van der Waals surface area contributed by atoms with Gasteiger partial charge < -0.3 is 9.73 Å². The van der Waals surface area contributed by atoms with E-state index in [2.05, 4.69) is 10.6 Å². The Morgan fingerprint density at radius 3 is 2.37 bits per heavy atom. The molecule has 0 aliphatic heterocycles. The molecule has 0 atom stereocenters. The molecular weight excluding hydrogens is 251 g/mol. The number of carbonyl (C=O) groups excluding carboxylic acids is 2. The van der Waals surface area contributed by atoms with E-state index in [1.165, 1.54) is 43.3 Å². The van der Waals surface area contributed by atoms with Crippen LogP contribution in [0.15, 0.2) is 40.8 Å². The van der Waals surface area contributed by atoms with Crippen molar-refractivity contribution in [2.75, 3.05) is 10.6 Å². The van der Waals surface area contributed by atoms with E-state index in [9.17, 15) is 14.0 Å². The molecule has 2 amide bonds. The molecule has 0 fully saturated rings. The van der Waals surface area contributed by atoms with Crippen molar-refractivity contribution in [2.24, 2.45) is 0 Å². The Morgan fingerprint density at radius 1 is 1.05 bits per heavy atom. The Kier molecular flexibility index (Phi) is 3.61. The van der Waals surface area contributed by atoms with E-state index in [1.807, 2.05) is 0 Å². The Balaban J connectivity index is 2.05. The summed E-state index contributed by atoms with van der Waals surface area (Å²) in [5, 5.41) is 4.96. The standard InChI is InChI=1S/C13H11FN2O3/c1-8(17)15-12-7-6-11(19-12)13(18)16-10-4-2-9(14)3-5-10/h2-7H,1H3,(H,15,17)(H,16,18). The molecule has 1 aromatic heterocycles. The molecular formula is C13H11FN2O3. The highest BCUT2D eigenvalue weighted by molar-refractivity contribution is 6.02. The van der Waals surface area contributed by atoms with Crippen LogP contribution in [0.3, 0.4) is 0 Å². The number of anilines is 2. The number of carbonyl (C=O) groups is 2. The van der Waals surface area contributed by atoms with Gasteiger partial charge in [0.2, 0.25) is 5.91 Å². The molecule has 1 heterocycles. The summed E-state index contributed by atoms with van der Waals surface area (Å²) in [6.45, 7) is 1.33. The van der Waals surface area contributed by atoms with E-state index in [1.54, 1.807) is 0 Å². The van der Waals surface area contributed by atoms with Gasteiger partial charge in [-0.25, -0.2) is 4.39 Å². The van der Waals surface area contributed by atoms with Crippen LogP contribution >= 0.6 is 0 Å². The number of halogens is 1. The van der Waals surface area contributed by atoms with Crippen LogP contribution in [0.4, 0.5) is 16.0 Å². The van der Waals surface area contributed by atoms with Gasteiger partial charge in [0.25, 0.3) is 5.91 Å². The summed E-state index contributed by atoms with van der Waals surface area (Å²) in [7, 11) is 0. The fourth-order valence-electron chi connectivity index (χ4n) is 1.43. The minimum absolute atomic E-state index is 0.0491. The van der Waals surface area contributed by atoms with Crippen LogP contribution in [-0.2, 0) is 4.79 Å². The summed E-state index contributed by atoms with van der Waals surface area (Å²) in [5.74, 6) is -0.920. The number of amides is 2. The van der Waals surface area contributed by atoms with Crippen molar-refractivity contribution in [2.45, 2.75) is 6.92 Å². The van der Waals surface area contributed by atoms with Crippen molar-refractivity contribution in [1.82, 2.24) is 0 Å². The lowest BCUT2D eigenvalue weighted by Crippen LogP contribution is -2.11. The molecule has 0 saturated carbocycles. The smallest absolute Gasteiger partial charge is 0.291 e. The van der Waals surface area contributed by atoms with Gasteiger partial charge in [0.1, 0.15) is 5.82 Å². The number of nitrogens with one attached hydrogen (secondary N) is 2. The van der Waals surface area contributed by atoms with Gasteiger partial charge >= 0.3 is 0 Å². The normalized spacial score (nSPS) is 10.0. The van der Waals surface area contributed by atoms with Crippen LogP contribution in [0.2, 0.25) is 0 Å². The van der Waals surface area contributed by atoms with Gasteiger partial charge in [-0.3, -0.25) is 14.9 Å². The molecule has 0 bridgehead atoms. The molecule has 2 N–H and O–H groups in total. The zero-order chi connectivity index (χ0) is 13.8. The molecule has 0 spiro atoms. The maximum absolute atomic E-state index is 12.7. The first-order valence-electron chi connectivity index (χ1n) is 5.49. The van der Waals surface area contributed by atoms with Gasteiger partial charge in [-0.2, -0.15) is 0 Å². The van der Waals surface area contributed by atoms with E-state index in [0.29, 0.717) is 5.69 Å². The van der Waals surface area contributed by atoms with Gasteiger partial charge in [-0.1, -0.05) is 0 Å². The molecule has 0 radical (unpaired) electrons. The zero-order valence-corrected chi connectivity index (χ0v) is 10.1. The first-order chi connectivity index (χ1) is 9.04. The number of rotatable bonds is 3. The lowest BCUT2D eigenvalue weighted by Gasteiger charge is -2.02. The lowest BCUT2D eigenvalue weighted by atomic mass is 10.3. The number of furan rings is 1. The van der Waals surface area contributed by atoms with E-state index >= 15 is 0 Å². The van der Waals surface area contributed by atoms with Gasteiger partial charge in [0.05, 0.1) is 0 Å². The summed E-state index contributed by atoms with van der Waals surface area (Å²) < 4.78 is 17.8. The molecule has 19 heavy (non-hydrogen) atoms. The van der Waals surface area contributed by atoms with Crippen LogP contribution in [0, 0.1) is 5.82 Å². The molecule has 0 aliphatic rings. The van der Waals surface area contributed by atoms with E-state index in [4.69, 9.17) is 4.42 Å². The number of benzene rings is 1. The second-order valence-electron chi connectivity index (χ2n) is 3.81. The maximum atomic E-state index is 12.7. The third kappa shape index (κ3) is 3.41. The van der Waals surface area contributed by atoms with Gasteiger partial charge in [-0.15, -0.1) is 0 Å². The minimum atomic E-state index is -0.483. The highest BCUT2D eigenvalue weighted by Gasteiger charge is 2.12. The SMILES string of the molecule is CC(=O)Nc1ccc(C(=O)Nc2ccc(F)cc2)o1. The molecule has 2 rings (SSSR count). The molecule has 0 unspecified atom stereocenters. The first kappa shape index (κ1) is 12.8. The third-order valence-electron chi connectivity index (χ3n) is 2.23. The van der Waals surface area contributed by atoms with Gasteiger partial charge in [0.15, 0.2) is 11.6 Å². The van der Waals surface area contributed by atoms with E-state index in [0.717, 1.165) is 0 Å². The Bertz CT molecular complexity index is 605. The molecule has 2 aromatic rings. The Morgan fingerprint density at radius 2 is 1.74 bits per heavy atom. The first-order valence-corrected chi connectivity index (χ1v) is 5.49. The van der Waals surface area contributed by atoms with Crippen molar-refractivity contribution in [3.05, 3.63) is 48.0 Å². The van der Waals surface area contributed by atoms with Crippen LogP contribution < -0.4 is 10.6 Å². The highest BCUT2D eigenvalue weighted by Crippen LogP contribution is 2.15. The monoisotopic (exact) mass is 262 g/mol. The van der Waals surface area contributed by atoms with E-state index < -0.39 is 5.91 Å². The molecule has 5 nitrogen and oxygen atoms in total. The summed E-state index contributed by atoms with van der Waals surface area (Å²) in [5.41, 5.74) is 0.448. The number of hydrogen-bond donors (Lipinski definition) is 2. The van der Waals surface area contributed by atoms with Crippen molar-refractivity contribution in [1.29, 1.82) is 0 Å². The minimum Gasteiger partial charge on any atom is -0.435 e. The average Bonchev–Trinajstić information content (AvgIpc) is 2.80. The topological polar surface area (TPSA) is 71.3 Å².